The second kappa shape index (κ2) is 5.11. The molecule has 0 fully saturated rings. The van der Waals surface area contributed by atoms with Crippen molar-refractivity contribution in [3.8, 4) is 0 Å². The Hall–Kier alpha value is -0.0326. The molecule has 1 atom stereocenters. The van der Waals surface area contributed by atoms with Crippen LogP contribution in [-0.2, 0) is 14.1 Å². The Morgan fingerprint density at radius 1 is 1.50 bits per heavy atom. The number of carboxylic acid groups (broad SMARTS) is 1. The van der Waals surface area contributed by atoms with Gasteiger partial charge in [-0.25, -0.2) is 9.59 Å². The first-order valence-electron chi connectivity index (χ1n) is 1.32. The van der Waals surface area contributed by atoms with Crippen LogP contribution in [0.5, 0.6) is 0 Å². The molecule has 42 valence electrons. The molecule has 0 aromatic carbocycles. The molecule has 0 aromatic rings. The molecule has 0 amide bonds. The van der Waals surface area contributed by atoms with E-state index in [1.807, 2.05) is 0 Å². The second-order valence-corrected chi connectivity index (χ2v) is 0.946. The van der Waals surface area contributed by atoms with Gasteiger partial charge in [-0.3, -0.25) is 0 Å². The molecule has 6 heteroatoms. The fourth-order valence-corrected chi connectivity index (χ4v) is 0.151. The average molecular weight is 130 g/mol. The Bertz CT molecular complexity index is 102. The maximum atomic E-state index is 9.67. The van der Waals surface area contributed by atoms with Crippen LogP contribution in [0.25, 0.3) is 0 Å². The Balaban J connectivity index is 0. The normalized spacial score (nSPS) is 6.62. The summed E-state index contributed by atoms with van der Waals surface area (Å²) in [5.41, 5.74) is 0. The van der Waals surface area contributed by atoms with E-state index >= 15 is 0 Å². The van der Waals surface area contributed by atoms with Gasteiger partial charge in [0.05, 0.1) is 9.47 Å². The summed E-state index contributed by atoms with van der Waals surface area (Å²) < 4.78 is 3.69. The number of carbonyl (C=O) groups excluding carboxylic acids is 1. The minimum atomic E-state index is -1.59. The van der Waals surface area contributed by atoms with Gasteiger partial charge in [-0.05, 0) is 0 Å². The van der Waals surface area contributed by atoms with Crippen LogP contribution in [0.2, 0.25) is 0 Å². The predicted molar refractivity (Wildman–Crippen MR) is 30.6 cm³/mol. The quantitative estimate of drug-likeness (QED) is 0.253. The molecule has 0 aliphatic heterocycles. The zero-order valence-electron chi connectivity index (χ0n) is 3.25. The van der Waals surface area contributed by atoms with Crippen molar-refractivity contribution in [2.75, 3.05) is 0 Å². The Morgan fingerprint density at radius 3 is 1.88 bits per heavy atom. The van der Waals surface area contributed by atoms with Crippen LogP contribution in [0.1, 0.15) is 0 Å². The first-order valence-corrected chi connectivity index (χ1v) is 1.79. The van der Waals surface area contributed by atoms with E-state index < -0.39 is 11.9 Å². The van der Waals surface area contributed by atoms with E-state index in [0.717, 1.165) is 0 Å². The molecule has 0 spiro atoms. The van der Waals surface area contributed by atoms with Crippen LogP contribution >= 0.6 is 9.47 Å². The van der Waals surface area contributed by atoms with Gasteiger partial charge >= 0.3 is 30.8 Å². The van der Waals surface area contributed by atoms with Crippen molar-refractivity contribution in [2.45, 2.75) is 0 Å². The standard InChI is InChI=1S/C2H3O4P.Li.H/c3-1(4)2(5)6-7;;/h7H2,(H,3,4);;. The third kappa shape index (κ3) is 4.13. The van der Waals surface area contributed by atoms with Gasteiger partial charge < -0.3 is 9.63 Å². The molecule has 0 rings (SSSR count). The number of aliphatic carboxylic acids is 1. The fourth-order valence-electron chi connectivity index (χ4n) is 0.0504. The van der Waals surface area contributed by atoms with Crippen molar-refractivity contribution in [3.05, 3.63) is 0 Å². The number of hydrogen-bond acceptors (Lipinski definition) is 3. The average Bonchev–Trinajstić information content (AvgIpc) is 1.65. The first kappa shape index (κ1) is 10.9. The molecule has 0 aliphatic rings. The van der Waals surface area contributed by atoms with E-state index in [1.165, 1.54) is 9.47 Å². The van der Waals surface area contributed by atoms with E-state index in [2.05, 4.69) is 4.52 Å². The van der Waals surface area contributed by atoms with Gasteiger partial charge in [-0.15, -0.1) is 0 Å². The van der Waals surface area contributed by atoms with Gasteiger partial charge in [-0.2, -0.15) is 0 Å². The summed E-state index contributed by atoms with van der Waals surface area (Å²) in [6.07, 6.45) is 0. The number of rotatable bonds is 0. The van der Waals surface area contributed by atoms with Crippen LogP contribution in [0.3, 0.4) is 0 Å². The Labute approximate surface area is 60.0 Å². The minimum absolute atomic E-state index is 0. The molecule has 0 bridgehead atoms. The van der Waals surface area contributed by atoms with Crippen molar-refractivity contribution in [1.29, 1.82) is 0 Å². The molecule has 0 aromatic heterocycles. The maximum absolute atomic E-state index is 9.67. The predicted octanol–water partition coefficient (Wildman–Crippen LogP) is -1.24. The number of carboxylic acids is 1. The third-order valence-electron chi connectivity index (χ3n) is 0.282. The molecular weight excluding hydrogens is 126 g/mol. The molecule has 8 heavy (non-hydrogen) atoms. The summed E-state index contributed by atoms with van der Waals surface area (Å²) in [6, 6.07) is 0. The molecule has 4 nitrogen and oxygen atoms in total. The van der Waals surface area contributed by atoms with Crippen LogP contribution in [0.15, 0.2) is 0 Å². The van der Waals surface area contributed by atoms with E-state index in [4.69, 9.17) is 5.11 Å². The van der Waals surface area contributed by atoms with E-state index in [1.54, 1.807) is 0 Å². The molecule has 0 heterocycles. The van der Waals surface area contributed by atoms with Crippen LogP contribution in [-0.4, -0.2) is 35.9 Å². The van der Waals surface area contributed by atoms with Crippen molar-refractivity contribution in [3.63, 3.8) is 0 Å². The topological polar surface area (TPSA) is 63.6 Å². The van der Waals surface area contributed by atoms with Gasteiger partial charge in [0, 0.05) is 0 Å². The van der Waals surface area contributed by atoms with Gasteiger partial charge in [-0.1, -0.05) is 0 Å². The first-order chi connectivity index (χ1) is 3.18. The van der Waals surface area contributed by atoms with Gasteiger partial charge in [0.15, 0.2) is 0 Å². The molecule has 1 N–H and O–H groups in total. The zero-order valence-corrected chi connectivity index (χ0v) is 4.40. The summed E-state index contributed by atoms with van der Waals surface area (Å²) in [4.78, 5) is 19.1. The molecule has 0 saturated heterocycles. The summed E-state index contributed by atoms with van der Waals surface area (Å²) >= 11 is 0. The van der Waals surface area contributed by atoms with Crippen molar-refractivity contribution >= 4 is 40.3 Å². The molecular formula is C2H4LiO4P. The van der Waals surface area contributed by atoms with Crippen LogP contribution in [0, 0.1) is 0 Å². The summed E-state index contributed by atoms with van der Waals surface area (Å²) in [7, 11) is 1.53. The molecule has 0 radical (unpaired) electrons. The van der Waals surface area contributed by atoms with Gasteiger partial charge in [0.1, 0.15) is 0 Å². The van der Waals surface area contributed by atoms with E-state index in [-0.39, 0.29) is 18.9 Å². The molecule has 1 unspecified atom stereocenters. The molecule has 0 saturated carbocycles. The van der Waals surface area contributed by atoms with Crippen molar-refractivity contribution < 1.29 is 19.2 Å². The van der Waals surface area contributed by atoms with Crippen LogP contribution in [0.4, 0.5) is 0 Å². The summed E-state index contributed by atoms with van der Waals surface area (Å²) in [5.74, 6) is -2.86. The fraction of sp³-hybridized carbons (Fsp3) is 0. The monoisotopic (exact) mass is 130 g/mol. The number of hydrogen-bond donors (Lipinski definition) is 1. The molecule has 0 aliphatic carbocycles. The van der Waals surface area contributed by atoms with Crippen molar-refractivity contribution in [1.82, 2.24) is 0 Å². The van der Waals surface area contributed by atoms with E-state index in [0.29, 0.717) is 0 Å². The Morgan fingerprint density at radius 2 is 1.88 bits per heavy atom. The van der Waals surface area contributed by atoms with E-state index in [9.17, 15) is 9.59 Å². The van der Waals surface area contributed by atoms with Gasteiger partial charge in [0.25, 0.3) is 0 Å². The zero-order chi connectivity index (χ0) is 5.86. The Kier molecular flexibility index (Phi) is 6.94. The van der Waals surface area contributed by atoms with Gasteiger partial charge in [0.2, 0.25) is 0 Å². The van der Waals surface area contributed by atoms with Crippen LogP contribution < -0.4 is 0 Å². The third-order valence-corrected chi connectivity index (χ3v) is 0.496. The summed E-state index contributed by atoms with van der Waals surface area (Å²) in [6.45, 7) is 0. The summed E-state index contributed by atoms with van der Waals surface area (Å²) in [5, 5.41) is 7.69. The number of carbonyl (C=O) groups is 2. The van der Waals surface area contributed by atoms with Crippen molar-refractivity contribution in [2.24, 2.45) is 0 Å². The SMILES string of the molecule is O=C(O)C(=O)OP.[LiH]. The second-order valence-electron chi connectivity index (χ2n) is 0.710.